The highest BCUT2D eigenvalue weighted by Crippen LogP contribution is 2.20. The van der Waals surface area contributed by atoms with Crippen LogP contribution in [0.15, 0.2) is 0 Å². The molecule has 0 aromatic carbocycles. The van der Waals surface area contributed by atoms with Gasteiger partial charge in [-0.15, -0.1) is 0 Å². The molecule has 0 fully saturated rings. The first-order chi connectivity index (χ1) is 18.2. The van der Waals surface area contributed by atoms with Gasteiger partial charge in [0.2, 0.25) is 11.8 Å². The van der Waals surface area contributed by atoms with Gasteiger partial charge in [0, 0.05) is 31.0 Å². The number of nitrogens with one attached hydrogen (secondary N) is 3. The molecule has 0 aromatic rings. The van der Waals surface area contributed by atoms with E-state index >= 15 is 0 Å². The largest absolute Gasteiger partial charge is 0.382 e. The van der Waals surface area contributed by atoms with Crippen LogP contribution in [0.3, 0.4) is 0 Å². The summed E-state index contributed by atoms with van der Waals surface area (Å²) in [6, 6.07) is -0.961. The summed E-state index contributed by atoms with van der Waals surface area (Å²) in [6.45, 7) is 19.5. The van der Waals surface area contributed by atoms with Crippen molar-refractivity contribution in [3.63, 3.8) is 0 Å². The van der Waals surface area contributed by atoms with Crippen LogP contribution in [0.2, 0.25) is 0 Å². The van der Waals surface area contributed by atoms with Gasteiger partial charge >= 0.3 is 0 Å². The Balaban J connectivity index is 4.33. The van der Waals surface area contributed by atoms with Crippen LogP contribution in [0.5, 0.6) is 0 Å². The molecule has 0 heterocycles. The van der Waals surface area contributed by atoms with Crippen LogP contribution >= 0.6 is 0 Å². The van der Waals surface area contributed by atoms with Gasteiger partial charge in [-0.3, -0.25) is 14.4 Å². The van der Waals surface area contributed by atoms with E-state index in [0.717, 1.165) is 0 Å². The van der Waals surface area contributed by atoms with Gasteiger partial charge in [0.1, 0.15) is 0 Å². The van der Waals surface area contributed by atoms with E-state index in [1.54, 1.807) is 7.11 Å². The van der Waals surface area contributed by atoms with Gasteiger partial charge in [-0.1, -0.05) is 34.6 Å². The van der Waals surface area contributed by atoms with E-state index in [1.807, 2.05) is 55.4 Å². The van der Waals surface area contributed by atoms with E-state index < -0.39 is 17.5 Å². The zero-order valence-electron chi connectivity index (χ0n) is 26.1. The zero-order valence-corrected chi connectivity index (χ0v) is 26.1. The first kappa shape index (κ1) is 37.4. The molecule has 0 aromatic heterocycles. The fourth-order valence-corrected chi connectivity index (χ4v) is 3.69. The molecule has 0 radical (unpaired) electrons. The Bertz CT molecular complexity index is 687. The van der Waals surface area contributed by atoms with Crippen molar-refractivity contribution in [3.8, 4) is 0 Å². The second kappa shape index (κ2) is 20.3. The molecule has 10 heteroatoms. The van der Waals surface area contributed by atoms with Crippen LogP contribution in [0.25, 0.3) is 0 Å². The standard InChI is InChI=1S/C29H57N3O7/c1-22(2)25(32-29(6,7)8)27(35)31-23(26(34)28(3,4)5)12-10-11-14-30-24(33)13-15-37-18-19-39-21-20-38-17-16-36-9/h22-23,25,32H,10-21H2,1-9H3,(H,30,33)(H,31,35)/t23-,25-/m0/s1. The number of carbonyl (C=O) groups excluding carboxylic acids is 3. The summed E-state index contributed by atoms with van der Waals surface area (Å²) < 4.78 is 21.0. The van der Waals surface area contributed by atoms with E-state index in [0.29, 0.717) is 72.1 Å². The van der Waals surface area contributed by atoms with Crippen LogP contribution in [0.4, 0.5) is 0 Å². The smallest absolute Gasteiger partial charge is 0.237 e. The predicted octanol–water partition coefficient (Wildman–Crippen LogP) is 2.87. The highest BCUT2D eigenvalue weighted by molar-refractivity contribution is 5.93. The number of hydrogen-bond donors (Lipinski definition) is 3. The summed E-state index contributed by atoms with van der Waals surface area (Å²) >= 11 is 0. The van der Waals surface area contributed by atoms with Crippen LogP contribution in [0, 0.1) is 11.3 Å². The van der Waals surface area contributed by atoms with Gasteiger partial charge in [0.25, 0.3) is 0 Å². The second-order valence-corrected chi connectivity index (χ2v) is 12.2. The van der Waals surface area contributed by atoms with Gasteiger partial charge in [0.05, 0.1) is 58.3 Å². The van der Waals surface area contributed by atoms with E-state index in [2.05, 4.69) is 16.0 Å². The predicted molar refractivity (Wildman–Crippen MR) is 154 cm³/mol. The third-order valence-electron chi connectivity index (χ3n) is 5.80. The molecule has 0 bridgehead atoms. The minimum atomic E-state index is -0.570. The van der Waals surface area contributed by atoms with E-state index in [4.69, 9.17) is 18.9 Å². The summed E-state index contributed by atoms with van der Waals surface area (Å²) in [7, 11) is 1.63. The molecule has 0 saturated carbocycles. The lowest BCUT2D eigenvalue weighted by Crippen LogP contribution is -2.57. The molecule has 10 nitrogen and oxygen atoms in total. The molecule has 0 aliphatic rings. The van der Waals surface area contributed by atoms with Crippen molar-refractivity contribution < 1.29 is 33.3 Å². The topological polar surface area (TPSA) is 124 Å². The maximum Gasteiger partial charge on any atom is 0.237 e. The number of ether oxygens (including phenoxy) is 4. The van der Waals surface area contributed by atoms with Crippen molar-refractivity contribution in [1.29, 1.82) is 0 Å². The Morgan fingerprint density at radius 3 is 1.79 bits per heavy atom. The monoisotopic (exact) mass is 559 g/mol. The molecule has 0 spiro atoms. The summed E-state index contributed by atoms with van der Waals surface area (Å²) in [4.78, 5) is 38.3. The molecule has 2 amide bonds. The van der Waals surface area contributed by atoms with Crippen molar-refractivity contribution in [3.05, 3.63) is 0 Å². The molecule has 0 unspecified atom stereocenters. The van der Waals surface area contributed by atoms with E-state index in [-0.39, 0.29) is 35.5 Å². The van der Waals surface area contributed by atoms with Crippen molar-refractivity contribution in [2.45, 2.75) is 98.7 Å². The van der Waals surface area contributed by atoms with Crippen molar-refractivity contribution in [2.24, 2.45) is 11.3 Å². The Labute approximate surface area is 237 Å². The molecule has 39 heavy (non-hydrogen) atoms. The Kier molecular flexibility index (Phi) is 19.5. The molecule has 0 rings (SSSR count). The normalized spacial score (nSPS) is 13.8. The number of amides is 2. The SMILES string of the molecule is COCCOCCOCCOCCC(=O)NCCCC[C@H](NC(=O)[C@@H](NC(C)(C)C)C(C)C)C(=O)C(C)(C)C. The fraction of sp³-hybridized carbons (Fsp3) is 0.897. The highest BCUT2D eigenvalue weighted by atomic mass is 16.6. The Morgan fingerprint density at radius 1 is 0.769 bits per heavy atom. The molecule has 230 valence electrons. The maximum absolute atomic E-state index is 13.1. The van der Waals surface area contributed by atoms with Gasteiger partial charge in [-0.05, 0) is 46.0 Å². The number of Topliss-reactive ketones (excluding diaryl/α,β-unsaturated/α-hetero) is 1. The molecule has 0 saturated heterocycles. The number of hydrogen-bond acceptors (Lipinski definition) is 8. The van der Waals surface area contributed by atoms with Gasteiger partial charge in [0.15, 0.2) is 5.78 Å². The van der Waals surface area contributed by atoms with Gasteiger partial charge in [-0.25, -0.2) is 0 Å². The van der Waals surface area contributed by atoms with Crippen LogP contribution in [-0.4, -0.2) is 95.1 Å². The summed E-state index contributed by atoms with van der Waals surface area (Å²) in [5, 5.41) is 9.28. The molecule has 0 aliphatic carbocycles. The van der Waals surface area contributed by atoms with Gasteiger partial charge in [-0.2, -0.15) is 0 Å². The first-order valence-electron chi connectivity index (χ1n) is 14.3. The fourth-order valence-electron chi connectivity index (χ4n) is 3.69. The third-order valence-corrected chi connectivity index (χ3v) is 5.80. The second-order valence-electron chi connectivity index (χ2n) is 12.2. The minimum absolute atomic E-state index is 0.0119. The average molecular weight is 560 g/mol. The maximum atomic E-state index is 13.1. The molecular weight excluding hydrogens is 502 g/mol. The Hall–Kier alpha value is -1.59. The molecular formula is C29H57N3O7. The lowest BCUT2D eigenvalue weighted by atomic mass is 9.84. The highest BCUT2D eigenvalue weighted by Gasteiger charge is 2.33. The summed E-state index contributed by atoms with van der Waals surface area (Å²) in [5.41, 5.74) is -0.799. The lowest BCUT2D eigenvalue weighted by Gasteiger charge is -2.32. The van der Waals surface area contributed by atoms with Crippen molar-refractivity contribution in [2.75, 3.05) is 59.9 Å². The number of methoxy groups -OCH3 is 1. The number of ketones is 1. The van der Waals surface area contributed by atoms with E-state index in [9.17, 15) is 14.4 Å². The number of rotatable bonds is 22. The summed E-state index contributed by atoms with van der Waals surface area (Å²) in [5.74, 6) is -0.146. The molecule has 3 N–H and O–H groups in total. The lowest BCUT2D eigenvalue weighted by molar-refractivity contribution is -0.134. The summed E-state index contributed by atoms with van der Waals surface area (Å²) in [6.07, 6.45) is 2.22. The first-order valence-corrected chi connectivity index (χ1v) is 14.3. The molecule has 0 aliphatic heterocycles. The van der Waals surface area contributed by atoms with Crippen molar-refractivity contribution >= 4 is 17.6 Å². The number of unbranched alkanes of at least 4 members (excludes halogenated alkanes) is 1. The zero-order chi connectivity index (χ0) is 29.9. The van der Waals surface area contributed by atoms with Crippen LogP contribution < -0.4 is 16.0 Å². The van der Waals surface area contributed by atoms with Crippen LogP contribution in [0.1, 0.15) is 81.1 Å². The van der Waals surface area contributed by atoms with Crippen LogP contribution in [-0.2, 0) is 33.3 Å². The molecule has 2 atom stereocenters. The van der Waals surface area contributed by atoms with Gasteiger partial charge < -0.3 is 34.9 Å². The minimum Gasteiger partial charge on any atom is -0.382 e. The average Bonchev–Trinajstić information content (AvgIpc) is 2.83. The van der Waals surface area contributed by atoms with E-state index in [1.165, 1.54) is 0 Å². The number of carbonyl (C=O) groups is 3. The Morgan fingerprint density at radius 2 is 1.31 bits per heavy atom. The van der Waals surface area contributed by atoms with Crippen molar-refractivity contribution in [1.82, 2.24) is 16.0 Å². The quantitative estimate of drug-likeness (QED) is 0.173. The third kappa shape index (κ3) is 20.0.